The minimum atomic E-state index is 0.427. The average Bonchev–Trinajstić information content (AvgIpc) is 2.46. The van der Waals surface area contributed by atoms with Crippen LogP contribution >= 0.6 is 27.7 Å². The third-order valence-corrected chi connectivity index (χ3v) is 4.36. The summed E-state index contributed by atoms with van der Waals surface area (Å²) in [6.07, 6.45) is 1.94. The molecule has 0 N–H and O–H groups in total. The zero-order valence-electron chi connectivity index (χ0n) is 11.1. The van der Waals surface area contributed by atoms with Gasteiger partial charge in [-0.2, -0.15) is 0 Å². The number of aromatic nitrogens is 2. The zero-order chi connectivity index (χ0) is 13.7. The summed E-state index contributed by atoms with van der Waals surface area (Å²) in [5.74, 6) is 2.14. The molecule has 0 radical (unpaired) electrons. The first-order chi connectivity index (χ1) is 9.20. The van der Waals surface area contributed by atoms with Crippen molar-refractivity contribution in [2.24, 2.45) is 0 Å². The Balaban J connectivity index is 2.11. The van der Waals surface area contributed by atoms with E-state index in [9.17, 15) is 0 Å². The largest absolute Gasteiger partial charge is 0.240 e. The van der Waals surface area contributed by atoms with Crippen molar-refractivity contribution in [1.82, 2.24) is 9.97 Å². The fourth-order valence-corrected chi connectivity index (χ4v) is 3.01. The van der Waals surface area contributed by atoms with Crippen LogP contribution in [-0.4, -0.2) is 9.97 Å². The quantitative estimate of drug-likeness (QED) is 0.580. The maximum absolute atomic E-state index is 4.70. The minimum Gasteiger partial charge on any atom is -0.240 e. The Morgan fingerprint density at radius 3 is 2.58 bits per heavy atom. The van der Waals surface area contributed by atoms with E-state index in [4.69, 9.17) is 4.98 Å². The Kier molecular flexibility index (Phi) is 5.40. The van der Waals surface area contributed by atoms with Gasteiger partial charge in [0.15, 0.2) is 0 Å². The molecule has 4 heteroatoms. The molecule has 0 bridgehead atoms. The summed E-state index contributed by atoms with van der Waals surface area (Å²) < 4.78 is 0. The van der Waals surface area contributed by atoms with Crippen LogP contribution in [0.25, 0.3) is 0 Å². The number of halogens is 1. The molecule has 0 unspecified atom stereocenters. The van der Waals surface area contributed by atoms with Crippen molar-refractivity contribution in [2.75, 3.05) is 0 Å². The smallest absolute Gasteiger partial charge is 0.138 e. The molecule has 0 aliphatic rings. The monoisotopic (exact) mass is 336 g/mol. The van der Waals surface area contributed by atoms with Gasteiger partial charge in [0.25, 0.3) is 0 Å². The van der Waals surface area contributed by atoms with Gasteiger partial charge in [-0.05, 0) is 18.1 Å². The van der Waals surface area contributed by atoms with Crippen LogP contribution in [0, 0.1) is 0 Å². The Labute approximate surface area is 127 Å². The van der Waals surface area contributed by atoms with Crippen molar-refractivity contribution in [1.29, 1.82) is 0 Å². The van der Waals surface area contributed by atoms with E-state index in [1.54, 1.807) is 11.8 Å². The van der Waals surface area contributed by atoms with E-state index in [2.05, 4.69) is 59.0 Å². The lowest BCUT2D eigenvalue weighted by molar-refractivity contribution is 0.785. The molecule has 1 heterocycles. The Morgan fingerprint density at radius 2 is 1.95 bits per heavy atom. The van der Waals surface area contributed by atoms with Gasteiger partial charge in [-0.3, -0.25) is 0 Å². The summed E-state index contributed by atoms with van der Waals surface area (Å²) in [5.41, 5.74) is 2.33. The van der Waals surface area contributed by atoms with Crippen LogP contribution in [0.1, 0.15) is 36.8 Å². The van der Waals surface area contributed by atoms with E-state index >= 15 is 0 Å². The lowest BCUT2D eigenvalue weighted by Crippen LogP contribution is -2.04. The predicted molar refractivity (Wildman–Crippen MR) is 84.8 cm³/mol. The van der Waals surface area contributed by atoms with Crippen LogP contribution in [0.15, 0.2) is 41.4 Å². The highest BCUT2D eigenvalue weighted by atomic mass is 79.9. The summed E-state index contributed by atoms with van der Waals surface area (Å²) in [6, 6.07) is 10.4. The van der Waals surface area contributed by atoms with Gasteiger partial charge in [0.1, 0.15) is 5.82 Å². The highest BCUT2D eigenvalue weighted by molar-refractivity contribution is 9.08. The van der Waals surface area contributed by atoms with Crippen LogP contribution in [0.2, 0.25) is 0 Å². The summed E-state index contributed by atoms with van der Waals surface area (Å²) >= 11 is 5.26. The molecule has 0 amide bonds. The summed E-state index contributed by atoms with van der Waals surface area (Å²) in [7, 11) is 0. The molecule has 2 aromatic rings. The van der Waals surface area contributed by atoms with E-state index < -0.39 is 0 Å². The van der Waals surface area contributed by atoms with Gasteiger partial charge in [-0.15, -0.1) is 11.8 Å². The van der Waals surface area contributed by atoms with E-state index in [1.165, 1.54) is 10.5 Å². The van der Waals surface area contributed by atoms with Gasteiger partial charge in [-0.1, -0.05) is 48.0 Å². The average molecular weight is 337 g/mol. The molecule has 100 valence electrons. The summed E-state index contributed by atoms with van der Waals surface area (Å²) in [4.78, 5) is 10.4. The van der Waals surface area contributed by atoms with E-state index in [0.29, 0.717) is 5.92 Å². The number of nitrogens with zero attached hydrogens (tertiary/aromatic N) is 2. The molecule has 0 atom stereocenters. The number of rotatable bonds is 5. The van der Waals surface area contributed by atoms with Crippen LogP contribution in [-0.2, 0) is 11.1 Å². The van der Waals surface area contributed by atoms with Crippen LogP contribution in [0.3, 0.4) is 0 Å². The molecule has 2 rings (SSSR count). The van der Waals surface area contributed by atoms with Crippen molar-refractivity contribution >= 4 is 27.7 Å². The molecule has 0 saturated heterocycles. The van der Waals surface area contributed by atoms with E-state index in [-0.39, 0.29) is 0 Å². The first-order valence-corrected chi connectivity index (χ1v) is 8.40. The maximum Gasteiger partial charge on any atom is 0.138 e. The molecule has 0 fully saturated rings. The van der Waals surface area contributed by atoms with Crippen molar-refractivity contribution in [3.05, 3.63) is 53.6 Å². The Morgan fingerprint density at radius 1 is 1.21 bits per heavy atom. The lowest BCUT2D eigenvalue weighted by atomic mass is 10.1. The first kappa shape index (κ1) is 14.5. The second-order valence-electron chi connectivity index (χ2n) is 4.59. The van der Waals surface area contributed by atoms with Crippen LogP contribution in [0.4, 0.5) is 0 Å². The van der Waals surface area contributed by atoms with E-state index in [1.807, 2.05) is 12.3 Å². The van der Waals surface area contributed by atoms with Crippen LogP contribution in [0.5, 0.6) is 0 Å². The third-order valence-electron chi connectivity index (χ3n) is 2.75. The van der Waals surface area contributed by atoms with Gasteiger partial charge in [0.05, 0.1) is 11.4 Å². The maximum atomic E-state index is 4.70. The summed E-state index contributed by atoms with van der Waals surface area (Å²) in [5, 5.41) is 0.812. The van der Waals surface area contributed by atoms with Crippen LogP contribution < -0.4 is 0 Å². The highest BCUT2D eigenvalue weighted by Gasteiger charge is 2.10. The molecule has 0 spiro atoms. The standard InChI is InChI=1S/C15H17BrN2S/c1-11(2)15-12(8-16)9-17-14(18-15)10-19-13-6-4-3-5-7-13/h3-7,9,11H,8,10H2,1-2H3. The molecule has 0 saturated carbocycles. The third kappa shape index (κ3) is 4.05. The second kappa shape index (κ2) is 7.06. The molecule has 2 nitrogen and oxygen atoms in total. The Hall–Kier alpha value is -0.870. The predicted octanol–water partition coefficient (Wildman–Crippen LogP) is 4.79. The molecule has 1 aromatic carbocycles. The van der Waals surface area contributed by atoms with Gasteiger partial charge in [0, 0.05) is 22.0 Å². The molecular formula is C15H17BrN2S. The van der Waals surface area contributed by atoms with Gasteiger partial charge >= 0.3 is 0 Å². The lowest BCUT2D eigenvalue weighted by Gasteiger charge is -2.11. The van der Waals surface area contributed by atoms with Crippen molar-refractivity contribution < 1.29 is 0 Å². The van der Waals surface area contributed by atoms with Gasteiger partial charge in [0.2, 0.25) is 0 Å². The fourth-order valence-electron chi connectivity index (χ4n) is 1.80. The zero-order valence-corrected chi connectivity index (χ0v) is 13.5. The number of hydrogen-bond acceptors (Lipinski definition) is 3. The van der Waals surface area contributed by atoms with Crippen molar-refractivity contribution in [3.8, 4) is 0 Å². The number of hydrogen-bond donors (Lipinski definition) is 0. The number of alkyl halides is 1. The fraction of sp³-hybridized carbons (Fsp3) is 0.333. The number of thioether (sulfide) groups is 1. The number of benzene rings is 1. The second-order valence-corrected chi connectivity index (χ2v) is 6.20. The normalized spacial score (nSPS) is 10.9. The highest BCUT2D eigenvalue weighted by Crippen LogP contribution is 2.23. The van der Waals surface area contributed by atoms with Gasteiger partial charge < -0.3 is 0 Å². The van der Waals surface area contributed by atoms with Gasteiger partial charge in [-0.25, -0.2) is 9.97 Å². The first-order valence-electron chi connectivity index (χ1n) is 6.29. The topological polar surface area (TPSA) is 25.8 Å². The molecular weight excluding hydrogens is 320 g/mol. The molecule has 0 aliphatic heterocycles. The van der Waals surface area contributed by atoms with E-state index in [0.717, 1.165) is 22.6 Å². The van der Waals surface area contributed by atoms with Crippen molar-refractivity contribution in [2.45, 2.75) is 35.7 Å². The molecule has 0 aliphatic carbocycles. The summed E-state index contributed by atoms with van der Waals surface area (Å²) in [6.45, 7) is 4.34. The minimum absolute atomic E-state index is 0.427. The van der Waals surface area contributed by atoms with Crippen molar-refractivity contribution in [3.63, 3.8) is 0 Å². The molecule has 19 heavy (non-hydrogen) atoms. The molecule has 1 aromatic heterocycles. The Bertz CT molecular complexity index is 529. The SMILES string of the molecule is CC(C)c1nc(CSc2ccccc2)ncc1CBr.